The summed E-state index contributed by atoms with van der Waals surface area (Å²) in [5.74, 6) is 2.73. The molecule has 3 aromatic rings. The van der Waals surface area contributed by atoms with E-state index in [9.17, 15) is 4.79 Å². The minimum Gasteiger partial charge on any atom is -0.457 e. The number of nitrogens with one attached hydrogen (secondary N) is 2. The molecule has 210 valence electrons. The number of nitrogens with two attached hydrogens (primary N) is 1. The molecule has 0 spiro atoms. The first-order valence-corrected chi connectivity index (χ1v) is 14.1. The van der Waals surface area contributed by atoms with Gasteiger partial charge in [0.25, 0.3) is 0 Å². The number of anilines is 2. The summed E-state index contributed by atoms with van der Waals surface area (Å²) >= 11 is 0. The topological polar surface area (TPSA) is 120 Å². The van der Waals surface area contributed by atoms with Crippen LogP contribution in [0.1, 0.15) is 49.7 Å². The first-order chi connectivity index (χ1) is 19.4. The van der Waals surface area contributed by atoms with E-state index >= 15 is 0 Å². The number of aromatic nitrogens is 2. The molecule has 2 aliphatic rings. The summed E-state index contributed by atoms with van der Waals surface area (Å²) in [6.45, 7) is 1.97. The number of hydrogen-bond acceptors (Lipinski definition) is 8. The third kappa shape index (κ3) is 6.42. The van der Waals surface area contributed by atoms with Crippen molar-refractivity contribution in [2.75, 3.05) is 37.8 Å². The van der Waals surface area contributed by atoms with Gasteiger partial charge in [0.15, 0.2) is 0 Å². The maximum atomic E-state index is 12.8. The van der Waals surface area contributed by atoms with E-state index < -0.39 is 0 Å². The first-order valence-electron chi connectivity index (χ1n) is 14.1. The normalized spacial score (nSPS) is 20.1. The number of piperidine rings is 1. The van der Waals surface area contributed by atoms with Gasteiger partial charge in [-0.25, -0.2) is 9.97 Å². The van der Waals surface area contributed by atoms with Crippen molar-refractivity contribution in [3.05, 3.63) is 72.1 Å². The molecule has 2 aromatic carbocycles. The summed E-state index contributed by atoms with van der Waals surface area (Å²) in [4.78, 5) is 26.0. The summed E-state index contributed by atoms with van der Waals surface area (Å²) in [5.41, 5.74) is 7.82. The molecule has 9 heteroatoms. The second-order valence-corrected chi connectivity index (χ2v) is 11.0. The van der Waals surface area contributed by atoms with Gasteiger partial charge in [-0.2, -0.15) is 0 Å². The van der Waals surface area contributed by atoms with Crippen molar-refractivity contribution in [2.45, 2.75) is 50.6 Å². The average Bonchev–Trinajstić information content (AvgIpc) is 2.98. The Bertz CT molecular complexity index is 1300. The minimum absolute atomic E-state index is 0.133. The quantitative estimate of drug-likeness (QED) is 0.360. The van der Waals surface area contributed by atoms with Crippen LogP contribution in [0.5, 0.6) is 11.5 Å². The highest BCUT2D eigenvalue weighted by Gasteiger charge is 2.30. The zero-order valence-corrected chi connectivity index (χ0v) is 23.3. The van der Waals surface area contributed by atoms with Gasteiger partial charge in [-0.3, -0.25) is 10.2 Å². The van der Waals surface area contributed by atoms with Crippen molar-refractivity contribution in [1.29, 1.82) is 5.41 Å². The number of hydrogen-bond donors (Lipinski definition) is 3. The zero-order chi connectivity index (χ0) is 28.1. The summed E-state index contributed by atoms with van der Waals surface area (Å²) < 4.78 is 5.90. The SMILES string of the molecule is CN1CCC(C(=O)NC2CCC(N(C)c3ncnc(N)c3C(=N)c3ccc(Oc4ccccc4)cc3)CC2)CC1. The Balaban J connectivity index is 1.22. The number of likely N-dealkylation sites (tertiary alicyclic amines) is 1. The molecule has 1 aliphatic carbocycles. The molecule has 40 heavy (non-hydrogen) atoms. The smallest absolute Gasteiger partial charge is 0.223 e. The highest BCUT2D eigenvalue weighted by atomic mass is 16.5. The lowest BCUT2D eigenvalue weighted by Crippen LogP contribution is -2.46. The van der Waals surface area contributed by atoms with Gasteiger partial charge in [0, 0.05) is 30.6 Å². The van der Waals surface area contributed by atoms with Crippen molar-refractivity contribution in [1.82, 2.24) is 20.2 Å². The molecule has 1 aliphatic heterocycles. The van der Waals surface area contributed by atoms with Gasteiger partial charge in [-0.05, 0) is 95.1 Å². The number of carbonyl (C=O) groups excluding carboxylic acids is 1. The Kier molecular flexibility index (Phi) is 8.60. The maximum Gasteiger partial charge on any atom is 0.223 e. The van der Waals surface area contributed by atoms with Crippen LogP contribution in [0, 0.1) is 11.3 Å². The number of rotatable bonds is 8. The van der Waals surface area contributed by atoms with Gasteiger partial charge < -0.3 is 25.6 Å². The fourth-order valence-electron chi connectivity index (χ4n) is 5.73. The fraction of sp³-hybridized carbons (Fsp3) is 0.419. The van der Waals surface area contributed by atoms with Crippen LogP contribution in [0.3, 0.4) is 0 Å². The third-order valence-corrected chi connectivity index (χ3v) is 8.24. The predicted octanol–water partition coefficient (Wildman–Crippen LogP) is 4.47. The Morgan fingerprint density at radius 2 is 1.62 bits per heavy atom. The van der Waals surface area contributed by atoms with Gasteiger partial charge >= 0.3 is 0 Å². The summed E-state index contributed by atoms with van der Waals surface area (Å²) in [6.07, 6.45) is 7.03. The molecule has 5 rings (SSSR count). The third-order valence-electron chi connectivity index (χ3n) is 8.24. The van der Waals surface area contributed by atoms with Crippen molar-refractivity contribution in [3.8, 4) is 11.5 Å². The number of ether oxygens (including phenoxy) is 1. The van der Waals surface area contributed by atoms with Crippen LogP contribution in [0.25, 0.3) is 0 Å². The van der Waals surface area contributed by atoms with E-state index in [1.807, 2.05) is 61.6 Å². The molecule has 1 saturated carbocycles. The van der Waals surface area contributed by atoms with Gasteiger partial charge in [0.2, 0.25) is 5.91 Å². The highest BCUT2D eigenvalue weighted by Crippen LogP contribution is 2.31. The van der Waals surface area contributed by atoms with Crippen LogP contribution in [-0.4, -0.2) is 65.8 Å². The molecule has 0 atom stereocenters. The second-order valence-electron chi connectivity index (χ2n) is 11.0. The lowest BCUT2D eigenvalue weighted by molar-refractivity contribution is -0.127. The molecular formula is C31H39N7O2. The van der Waals surface area contributed by atoms with Crippen LogP contribution in [0.4, 0.5) is 11.6 Å². The molecule has 4 N–H and O–H groups in total. The monoisotopic (exact) mass is 541 g/mol. The zero-order valence-electron chi connectivity index (χ0n) is 23.3. The second kappa shape index (κ2) is 12.5. The van der Waals surface area contributed by atoms with Gasteiger partial charge in [-0.1, -0.05) is 18.2 Å². The molecule has 0 bridgehead atoms. The Morgan fingerprint density at radius 3 is 2.30 bits per heavy atom. The maximum absolute atomic E-state index is 12.8. The summed E-state index contributed by atoms with van der Waals surface area (Å²) in [6, 6.07) is 17.4. The van der Waals surface area contributed by atoms with E-state index in [-0.39, 0.29) is 35.4 Å². The van der Waals surface area contributed by atoms with E-state index in [1.54, 1.807) is 0 Å². The molecule has 1 aromatic heterocycles. The van der Waals surface area contributed by atoms with Crippen LogP contribution in [-0.2, 0) is 4.79 Å². The standard InChI is InChI=1S/C31H39N7O2/c1-37-18-16-22(17-19-37)31(39)36-23-10-12-24(13-11-23)38(2)30-27(29(33)34-20-35-30)28(32)21-8-14-26(15-9-21)40-25-6-4-3-5-7-25/h3-9,14-15,20,22-24,32H,10-13,16-19H2,1-2H3,(H,36,39)(H2,33,34,35). The first kappa shape index (κ1) is 27.6. The van der Waals surface area contributed by atoms with E-state index in [0.29, 0.717) is 22.7 Å². The molecule has 1 saturated heterocycles. The van der Waals surface area contributed by atoms with Gasteiger partial charge in [0.05, 0.1) is 11.3 Å². The molecule has 2 heterocycles. The van der Waals surface area contributed by atoms with Crippen molar-refractivity contribution < 1.29 is 9.53 Å². The van der Waals surface area contributed by atoms with E-state index in [1.165, 1.54) is 6.33 Å². The number of carbonyl (C=O) groups is 1. The number of amides is 1. The Labute approximate surface area is 236 Å². The Hall–Kier alpha value is -3.98. The van der Waals surface area contributed by atoms with Gasteiger partial charge in [0.1, 0.15) is 29.5 Å². The molecule has 0 unspecified atom stereocenters. The van der Waals surface area contributed by atoms with Crippen LogP contribution in [0.15, 0.2) is 60.9 Å². The molecular weight excluding hydrogens is 502 g/mol. The molecule has 0 radical (unpaired) electrons. The minimum atomic E-state index is 0.133. The lowest BCUT2D eigenvalue weighted by Gasteiger charge is -2.37. The fourth-order valence-corrected chi connectivity index (χ4v) is 5.73. The summed E-state index contributed by atoms with van der Waals surface area (Å²) in [5, 5.41) is 12.3. The van der Waals surface area contributed by atoms with Crippen molar-refractivity contribution in [2.24, 2.45) is 5.92 Å². The van der Waals surface area contributed by atoms with Crippen LogP contribution >= 0.6 is 0 Å². The average molecular weight is 542 g/mol. The van der Waals surface area contributed by atoms with Crippen molar-refractivity contribution in [3.63, 3.8) is 0 Å². The number of para-hydroxylation sites is 1. The lowest BCUT2D eigenvalue weighted by atomic mass is 9.89. The highest BCUT2D eigenvalue weighted by molar-refractivity contribution is 6.16. The largest absolute Gasteiger partial charge is 0.457 e. The van der Waals surface area contributed by atoms with Crippen LogP contribution < -0.4 is 20.7 Å². The number of benzene rings is 2. The molecule has 9 nitrogen and oxygen atoms in total. The van der Waals surface area contributed by atoms with E-state index in [4.69, 9.17) is 15.9 Å². The number of nitrogen functional groups attached to an aromatic ring is 1. The summed E-state index contributed by atoms with van der Waals surface area (Å²) in [7, 11) is 4.12. The van der Waals surface area contributed by atoms with E-state index in [0.717, 1.165) is 57.4 Å². The Morgan fingerprint density at radius 1 is 0.975 bits per heavy atom. The predicted molar refractivity (Wildman–Crippen MR) is 158 cm³/mol. The molecule has 2 fully saturated rings. The number of nitrogens with zero attached hydrogens (tertiary/aromatic N) is 4. The van der Waals surface area contributed by atoms with Gasteiger partial charge in [-0.15, -0.1) is 0 Å². The van der Waals surface area contributed by atoms with Crippen molar-refractivity contribution >= 4 is 23.3 Å². The van der Waals surface area contributed by atoms with E-state index in [2.05, 4.69) is 32.1 Å². The van der Waals surface area contributed by atoms with Crippen LogP contribution in [0.2, 0.25) is 0 Å². The molecule has 1 amide bonds.